The first kappa shape index (κ1) is 40.3. The molecule has 11 heteroatoms. The van der Waals surface area contributed by atoms with Gasteiger partial charge in [0.2, 0.25) is 11.8 Å². The molecule has 2 unspecified atom stereocenters. The van der Waals surface area contributed by atoms with Crippen molar-refractivity contribution in [3.8, 4) is 0 Å². The minimum atomic E-state index is -0.869. The summed E-state index contributed by atoms with van der Waals surface area (Å²) in [5, 5.41) is 8.53. The molecule has 0 saturated carbocycles. The highest BCUT2D eigenvalue weighted by Crippen LogP contribution is 2.18. The van der Waals surface area contributed by atoms with Crippen LogP contribution < -0.4 is 16.1 Å². The molecule has 11 nitrogen and oxygen atoms in total. The Kier molecular flexibility index (Phi) is 21.7. The first-order valence-electron chi connectivity index (χ1n) is 15.7. The quantitative estimate of drug-likeness (QED) is 0.236. The van der Waals surface area contributed by atoms with Crippen LogP contribution in [0.5, 0.6) is 0 Å². The predicted molar refractivity (Wildman–Crippen MR) is 174 cm³/mol. The molecule has 1 fully saturated rings. The van der Waals surface area contributed by atoms with Crippen LogP contribution in [0.1, 0.15) is 91.1 Å². The summed E-state index contributed by atoms with van der Waals surface area (Å²) >= 11 is 0. The third kappa shape index (κ3) is 13.3. The number of carbonyl (C=O) groups excluding carboxylic acids is 5. The van der Waals surface area contributed by atoms with Gasteiger partial charge in [0.05, 0.1) is 6.04 Å². The standard InChI is InChI=1S/C25H33N5O5.C4H8O.2C2H6/c1-16(2)22(29-24(33)19-9-6-12-28-30(19)21(32)11-13-26-3)20(31)15-35-25(34)23-18-8-5-4-7-17(18)10-14-27-23;1-2-3-4-5;2*1-2/h4-5,7-8,10,14,16,19,22,26,28H,6,9,11-13,15H2,1-3H3,(H,29,33);4H,2-3H2,1H3;2*1-2H3. The number of esters is 1. The Bertz CT molecular complexity index is 1150. The number of hydrazine groups is 1. The molecule has 0 aliphatic carbocycles. The van der Waals surface area contributed by atoms with Gasteiger partial charge in [0.25, 0.3) is 0 Å². The highest BCUT2D eigenvalue weighted by atomic mass is 16.5. The highest BCUT2D eigenvalue weighted by Gasteiger charge is 2.35. The number of hydrogen-bond acceptors (Lipinski definition) is 9. The van der Waals surface area contributed by atoms with Crippen molar-refractivity contribution in [2.24, 2.45) is 5.92 Å². The van der Waals surface area contributed by atoms with Crippen molar-refractivity contribution < 1.29 is 28.7 Å². The van der Waals surface area contributed by atoms with E-state index < -0.39 is 36.4 Å². The van der Waals surface area contributed by atoms with Gasteiger partial charge in [-0.15, -0.1) is 0 Å². The number of rotatable bonds is 12. The number of aldehydes is 1. The van der Waals surface area contributed by atoms with Crippen LogP contribution in [0.4, 0.5) is 0 Å². The number of unbranched alkanes of at least 4 members (excludes halogenated alkanes) is 1. The number of ether oxygens (including phenoxy) is 1. The molecule has 2 heterocycles. The van der Waals surface area contributed by atoms with Gasteiger partial charge in [-0.25, -0.2) is 15.2 Å². The van der Waals surface area contributed by atoms with Crippen LogP contribution in [0.15, 0.2) is 36.5 Å². The maximum absolute atomic E-state index is 13.1. The second-order valence-electron chi connectivity index (χ2n) is 9.79. The molecule has 3 rings (SSSR count). The first-order chi connectivity index (χ1) is 21.2. The molecular formula is C33H53N5O6. The zero-order chi connectivity index (χ0) is 33.5. The number of nitrogens with zero attached hydrogens (tertiary/aromatic N) is 2. The molecule has 0 spiro atoms. The Balaban J connectivity index is 0.00000183. The van der Waals surface area contributed by atoms with Crippen LogP contribution in [-0.4, -0.2) is 78.7 Å². The summed E-state index contributed by atoms with van der Waals surface area (Å²) < 4.78 is 5.27. The van der Waals surface area contributed by atoms with Crippen molar-refractivity contribution in [1.82, 2.24) is 26.1 Å². The summed E-state index contributed by atoms with van der Waals surface area (Å²) in [6.07, 6.45) is 5.59. The van der Waals surface area contributed by atoms with E-state index in [1.165, 1.54) is 11.2 Å². The van der Waals surface area contributed by atoms with Gasteiger partial charge in [-0.2, -0.15) is 0 Å². The fraction of sp³-hybridized carbons (Fsp3) is 0.576. The number of amides is 2. The van der Waals surface area contributed by atoms with E-state index in [0.29, 0.717) is 31.3 Å². The van der Waals surface area contributed by atoms with Crippen LogP contribution in [-0.2, 0) is 23.9 Å². The minimum absolute atomic E-state index is 0.130. The summed E-state index contributed by atoms with van der Waals surface area (Å²) in [6, 6.07) is 7.47. The van der Waals surface area contributed by atoms with E-state index in [2.05, 4.69) is 21.0 Å². The number of nitrogens with one attached hydrogen (secondary N) is 3. The van der Waals surface area contributed by atoms with Gasteiger partial charge in [0.15, 0.2) is 18.1 Å². The lowest BCUT2D eigenvalue weighted by Crippen LogP contribution is -2.61. The van der Waals surface area contributed by atoms with Gasteiger partial charge >= 0.3 is 5.97 Å². The number of fused-ring (bicyclic) bond motifs is 1. The Morgan fingerprint density at radius 3 is 2.39 bits per heavy atom. The Hall–Kier alpha value is -3.70. The number of carbonyl (C=O) groups is 5. The summed E-state index contributed by atoms with van der Waals surface area (Å²) in [7, 11) is 1.75. The predicted octanol–water partition coefficient (Wildman–Crippen LogP) is 4.24. The van der Waals surface area contributed by atoms with E-state index >= 15 is 0 Å². The monoisotopic (exact) mass is 615 g/mol. The van der Waals surface area contributed by atoms with Gasteiger partial charge in [-0.1, -0.05) is 72.7 Å². The molecule has 0 radical (unpaired) electrons. The van der Waals surface area contributed by atoms with Crippen molar-refractivity contribution in [2.75, 3.05) is 26.7 Å². The Morgan fingerprint density at radius 1 is 1.11 bits per heavy atom. The molecule has 0 bridgehead atoms. The smallest absolute Gasteiger partial charge is 0.358 e. The molecule has 246 valence electrons. The lowest BCUT2D eigenvalue weighted by Gasteiger charge is -2.36. The number of aromatic nitrogens is 1. The average Bonchev–Trinajstić information content (AvgIpc) is 3.06. The summed E-state index contributed by atoms with van der Waals surface area (Å²) in [5.74, 6) is -1.99. The molecule has 1 aromatic heterocycles. The first-order valence-corrected chi connectivity index (χ1v) is 15.7. The Labute approximate surface area is 262 Å². The molecule has 1 aliphatic heterocycles. The molecule has 1 aliphatic rings. The molecule has 2 aromatic rings. The van der Waals surface area contributed by atoms with Crippen LogP contribution >= 0.6 is 0 Å². The van der Waals surface area contributed by atoms with Gasteiger partial charge in [0.1, 0.15) is 12.3 Å². The van der Waals surface area contributed by atoms with Crippen molar-refractivity contribution in [3.05, 3.63) is 42.2 Å². The largest absolute Gasteiger partial charge is 0.453 e. The number of pyridine rings is 1. The molecule has 44 heavy (non-hydrogen) atoms. The third-order valence-electron chi connectivity index (χ3n) is 6.34. The number of hydrogen-bond donors (Lipinski definition) is 3. The van der Waals surface area contributed by atoms with Crippen molar-refractivity contribution in [3.63, 3.8) is 0 Å². The van der Waals surface area contributed by atoms with Crippen LogP contribution in [0.25, 0.3) is 10.8 Å². The van der Waals surface area contributed by atoms with Crippen LogP contribution in [0.3, 0.4) is 0 Å². The van der Waals surface area contributed by atoms with Crippen LogP contribution in [0, 0.1) is 5.92 Å². The van der Waals surface area contributed by atoms with E-state index in [1.807, 2.05) is 46.8 Å². The second kappa shape index (κ2) is 23.7. The zero-order valence-corrected chi connectivity index (χ0v) is 27.8. The van der Waals surface area contributed by atoms with Crippen molar-refractivity contribution in [1.29, 1.82) is 0 Å². The van der Waals surface area contributed by atoms with Gasteiger partial charge in [0, 0.05) is 37.5 Å². The van der Waals surface area contributed by atoms with E-state index in [4.69, 9.17) is 4.74 Å². The van der Waals surface area contributed by atoms with E-state index in [1.54, 1.807) is 39.1 Å². The van der Waals surface area contributed by atoms with Crippen molar-refractivity contribution >= 4 is 40.6 Å². The second-order valence-corrected chi connectivity index (χ2v) is 9.79. The number of ketones is 1. The molecule has 1 saturated heterocycles. The maximum atomic E-state index is 13.1. The molecule has 2 atom stereocenters. The molecule has 1 aromatic carbocycles. The topological polar surface area (TPSA) is 147 Å². The van der Waals surface area contributed by atoms with Crippen LogP contribution in [0.2, 0.25) is 0 Å². The minimum Gasteiger partial charge on any atom is -0.453 e. The molecular weight excluding hydrogens is 562 g/mol. The van der Waals surface area contributed by atoms with Gasteiger partial charge in [-0.05, 0) is 43.7 Å². The summed E-state index contributed by atoms with van der Waals surface area (Å²) in [6.45, 7) is 14.2. The summed E-state index contributed by atoms with van der Waals surface area (Å²) in [5.41, 5.74) is 3.13. The van der Waals surface area contributed by atoms with Gasteiger partial charge < -0.3 is 20.2 Å². The normalized spacial score (nSPS) is 14.4. The summed E-state index contributed by atoms with van der Waals surface area (Å²) in [4.78, 5) is 64.7. The van der Waals surface area contributed by atoms with Gasteiger partial charge in [-0.3, -0.25) is 19.4 Å². The number of Topliss-reactive ketones (excluding diaryl/α,β-unsaturated/α-hetero) is 1. The fourth-order valence-corrected chi connectivity index (χ4v) is 4.16. The highest BCUT2D eigenvalue weighted by molar-refractivity contribution is 6.03. The SMILES string of the molecule is CC.CC.CCCC=O.CNCCC(=O)N1NCCCC1C(=O)NC(C(=O)COC(=O)c1nccc2ccccc12)C(C)C. The Morgan fingerprint density at radius 2 is 1.80 bits per heavy atom. The zero-order valence-electron chi connectivity index (χ0n) is 27.8. The van der Waals surface area contributed by atoms with E-state index in [9.17, 15) is 24.0 Å². The fourth-order valence-electron chi connectivity index (χ4n) is 4.16. The molecule has 3 N–H and O–H groups in total. The van der Waals surface area contributed by atoms with Crippen molar-refractivity contribution in [2.45, 2.75) is 92.7 Å². The third-order valence-corrected chi connectivity index (χ3v) is 6.34. The maximum Gasteiger partial charge on any atom is 0.358 e. The van der Waals surface area contributed by atoms with E-state index in [-0.39, 0.29) is 23.9 Å². The lowest BCUT2D eigenvalue weighted by atomic mass is 9.98. The molecule has 2 amide bonds. The average molecular weight is 616 g/mol. The lowest BCUT2D eigenvalue weighted by molar-refractivity contribution is -0.147. The van der Waals surface area contributed by atoms with E-state index in [0.717, 1.165) is 24.5 Å². The number of benzene rings is 1.